The standard InChI is InChI=1S/C13H12F3NO3S/c1-21(18,19)20-8-11-6-7-12(17-11)9-2-4-10(5-3-9)13(14,15)16/h2-6H,7-8H2,1H3. The van der Waals surface area contributed by atoms with Gasteiger partial charge in [0.2, 0.25) is 0 Å². The fourth-order valence-corrected chi connectivity index (χ4v) is 2.11. The summed E-state index contributed by atoms with van der Waals surface area (Å²) < 4.78 is 63.7. The monoisotopic (exact) mass is 319 g/mol. The highest BCUT2D eigenvalue weighted by Gasteiger charge is 2.30. The van der Waals surface area contributed by atoms with Crippen LogP contribution in [0.15, 0.2) is 41.0 Å². The molecule has 114 valence electrons. The molecular formula is C13H12F3NO3S. The summed E-state index contributed by atoms with van der Waals surface area (Å²) in [5.74, 6) is 0. The lowest BCUT2D eigenvalue weighted by atomic mass is 10.1. The molecule has 0 bridgehead atoms. The van der Waals surface area contributed by atoms with Crippen molar-refractivity contribution in [2.24, 2.45) is 4.99 Å². The van der Waals surface area contributed by atoms with Crippen molar-refractivity contribution in [3.8, 4) is 0 Å². The summed E-state index contributed by atoms with van der Waals surface area (Å²) in [7, 11) is -3.55. The van der Waals surface area contributed by atoms with E-state index in [0.717, 1.165) is 18.4 Å². The molecule has 0 aliphatic carbocycles. The van der Waals surface area contributed by atoms with Gasteiger partial charge in [0.1, 0.15) is 6.61 Å². The lowest BCUT2D eigenvalue weighted by Gasteiger charge is -2.07. The number of allylic oxidation sites excluding steroid dienone is 1. The zero-order valence-corrected chi connectivity index (χ0v) is 11.8. The lowest BCUT2D eigenvalue weighted by molar-refractivity contribution is -0.137. The van der Waals surface area contributed by atoms with Crippen molar-refractivity contribution in [2.75, 3.05) is 12.9 Å². The van der Waals surface area contributed by atoms with Gasteiger partial charge in [0.25, 0.3) is 10.1 Å². The molecule has 4 nitrogen and oxygen atoms in total. The Morgan fingerprint density at radius 2 is 1.86 bits per heavy atom. The number of hydrogen-bond acceptors (Lipinski definition) is 4. The molecule has 8 heteroatoms. The van der Waals surface area contributed by atoms with Gasteiger partial charge < -0.3 is 0 Å². The van der Waals surface area contributed by atoms with Crippen molar-refractivity contribution in [3.63, 3.8) is 0 Å². The van der Waals surface area contributed by atoms with E-state index < -0.39 is 21.9 Å². The molecule has 1 aliphatic rings. The van der Waals surface area contributed by atoms with Crippen LogP contribution in [-0.4, -0.2) is 27.0 Å². The molecule has 1 aromatic rings. The van der Waals surface area contributed by atoms with Crippen LogP contribution in [0.25, 0.3) is 0 Å². The van der Waals surface area contributed by atoms with Crippen LogP contribution >= 0.6 is 0 Å². The molecule has 0 saturated carbocycles. The number of hydrogen-bond donors (Lipinski definition) is 0. The summed E-state index contributed by atoms with van der Waals surface area (Å²) in [6, 6.07) is 4.66. The number of benzene rings is 1. The minimum Gasteiger partial charge on any atom is -0.264 e. The Kier molecular flexibility index (Phi) is 4.20. The van der Waals surface area contributed by atoms with Gasteiger partial charge in [0, 0.05) is 6.42 Å². The second kappa shape index (κ2) is 5.61. The normalized spacial score (nSPS) is 15.8. The molecule has 21 heavy (non-hydrogen) atoms. The first-order chi connectivity index (χ1) is 9.65. The first-order valence-electron chi connectivity index (χ1n) is 5.94. The molecule has 1 aliphatic heterocycles. The van der Waals surface area contributed by atoms with Gasteiger partial charge >= 0.3 is 6.18 Å². The predicted molar refractivity (Wildman–Crippen MR) is 71.5 cm³/mol. The quantitative estimate of drug-likeness (QED) is 0.802. The van der Waals surface area contributed by atoms with Crippen LogP contribution in [0.2, 0.25) is 0 Å². The number of nitrogens with zero attached hydrogens (tertiary/aromatic N) is 1. The van der Waals surface area contributed by atoms with E-state index in [1.54, 1.807) is 6.08 Å². The first-order valence-corrected chi connectivity index (χ1v) is 7.75. The van der Waals surface area contributed by atoms with Crippen molar-refractivity contribution in [1.82, 2.24) is 0 Å². The van der Waals surface area contributed by atoms with Gasteiger partial charge in [-0.15, -0.1) is 0 Å². The number of rotatable bonds is 4. The van der Waals surface area contributed by atoms with Crippen LogP contribution in [0.4, 0.5) is 13.2 Å². The maximum Gasteiger partial charge on any atom is 0.416 e. The molecule has 0 amide bonds. The zero-order valence-electron chi connectivity index (χ0n) is 11.0. The fourth-order valence-electron chi connectivity index (χ4n) is 1.77. The van der Waals surface area contributed by atoms with Crippen molar-refractivity contribution in [1.29, 1.82) is 0 Å². The first kappa shape index (κ1) is 15.7. The van der Waals surface area contributed by atoms with Crippen molar-refractivity contribution >= 4 is 15.8 Å². The number of halogens is 3. The highest BCUT2D eigenvalue weighted by Crippen LogP contribution is 2.29. The minimum absolute atomic E-state index is 0.178. The van der Waals surface area contributed by atoms with Crippen LogP contribution in [-0.2, 0) is 20.5 Å². The Labute approximate surface area is 120 Å². The number of aliphatic imine (C=N–C) groups is 1. The maximum atomic E-state index is 12.5. The van der Waals surface area contributed by atoms with E-state index >= 15 is 0 Å². The third-order valence-electron chi connectivity index (χ3n) is 2.78. The second-order valence-electron chi connectivity index (χ2n) is 4.50. The van der Waals surface area contributed by atoms with Gasteiger partial charge in [-0.2, -0.15) is 21.6 Å². The van der Waals surface area contributed by atoms with Gasteiger partial charge in [0.05, 0.1) is 23.2 Å². The summed E-state index contributed by atoms with van der Waals surface area (Å²) in [6.45, 7) is -0.178. The van der Waals surface area contributed by atoms with Gasteiger partial charge in [-0.25, -0.2) is 0 Å². The largest absolute Gasteiger partial charge is 0.416 e. The third kappa shape index (κ3) is 4.40. The summed E-state index contributed by atoms with van der Waals surface area (Å²) in [5.41, 5.74) is 0.859. The highest BCUT2D eigenvalue weighted by molar-refractivity contribution is 7.85. The van der Waals surface area contributed by atoms with Crippen molar-refractivity contribution in [3.05, 3.63) is 47.2 Å². The molecule has 0 atom stereocenters. The van der Waals surface area contributed by atoms with E-state index in [-0.39, 0.29) is 6.61 Å². The molecule has 1 aromatic carbocycles. The zero-order chi connectivity index (χ0) is 15.7. The van der Waals surface area contributed by atoms with E-state index in [2.05, 4.69) is 9.18 Å². The summed E-state index contributed by atoms with van der Waals surface area (Å²) in [4.78, 5) is 4.16. The average molecular weight is 319 g/mol. The van der Waals surface area contributed by atoms with E-state index in [0.29, 0.717) is 23.4 Å². The van der Waals surface area contributed by atoms with Crippen LogP contribution in [0.1, 0.15) is 17.5 Å². The highest BCUT2D eigenvalue weighted by atomic mass is 32.2. The molecular weight excluding hydrogens is 307 g/mol. The fraction of sp³-hybridized carbons (Fsp3) is 0.308. The smallest absolute Gasteiger partial charge is 0.264 e. The van der Waals surface area contributed by atoms with E-state index in [4.69, 9.17) is 0 Å². The lowest BCUT2D eigenvalue weighted by Crippen LogP contribution is -2.06. The Morgan fingerprint density at radius 3 is 2.38 bits per heavy atom. The second-order valence-corrected chi connectivity index (χ2v) is 6.14. The van der Waals surface area contributed by atoms with Crippen LogP contribution < -0.4 is 0 Å². The Bertz CT molecular complexity index is 688. The summed E-state index contributed by atoms with van der Waals surface area (Å²) in [6.07, 6.45) is -1.34. The van der Waals surface area contributed by atoms with Crippen LogP contribution in [0.3, 0.4) is 0 Å². The molecule has 0 unspecified atom stereocenters. The summed E-state index contributed by atoms with van der Waals surface area (Å²) in [5, 5.41) is 0. The molecule has 0 fully saturated rings. The van der Waals surface area contributed by atoms with Gasteiger partial charge in [-0.3, -0.25) is 9.18 Å². The Balaban J connectivity index is 2.07. The minimum atomic E-state index is -4.37. The molecule has 0 aromatic heterocycles. The summed E-state index contributed by atoms with van der Waals surface area (Å²) >= 11 is 0. The van der Waals surface area contributed by atoms with Crippen LogP contribution in [0, 0.1) is 0 Å². The van der Waals surface area contributed by atoms with Crippen LogP contribution in [0.5, 0.6) is 0 Å². The molecule has 0 saturated heterocycles. The van der Waals surface area contributed by atoms with Crippen molar-refractivity contribution in [2.45, 2.75) is 12.6 Å². The third-order valence-corrected chi connectivity index (χ3v) is 3.32. The maximum absolute atomic E-state index is 12.5. The molecule has 2 rings (SSSR count). The van der Waals surface area contributed by atoms with Gasteiger partial charge in [0.15, 0.2) is 0 Å². The molecule has 0 N–H and O–H groups in total. The van der Waals surface area contributed by atoms with Gasteiger partial charge in [-0.05, 0) is 17.7 Å². The Hall–Kier alpha value is -1.67. The molecule has 0 radical (unpaired) electrons. The molecule has 1 heterocycles. The number of alkyl halides is 3. The van der Waals surface area contributed by atoms with Crippen molar-refractivity contribution < 1.29 is 25.8 Å². The Morgan fingerprint density at radius 1 is 1.24 bits per heavy atom. The average Bonchev–Trinajstić information content (AvgIpc) is 2.83. The van der Waals surface area contributed by atoms with E-state index in [1.165, 1.54) is 12.1 Å². The van der Waals surface area contributed by atoms with Gasteiger partial charge in [-0.1, -0.05) is 18.2 Å². The molecule has 0 spiro atoms. The van der Waals surface area contributed by atoms with E-state index in [9.17, 15) is 21.6 Å². The SMILES string of the molecule is CS(=O)(=O)OCC1=CCC(c2ccc(C(F)(F)F)cc2)=N1. The predicted octanol–water partition coefficient (Wildman–Crippen LogP) is 2.76. The van der Waals surface area contributed by atoms with E-state index in [1.807, 2.05) is 0 Å². The topological polar surface area (TPSA) is 55.7 Å².